The van der Waals surface area contributed by atoms with Crippen LogP contribution in [0.15, 0.2) is 65.6 Å². The van der Waals surface area contributed by atoms with Crippen LogP contribution >= 0.6 is 0 Å². The zero-order valence-electron chi connectivity index (χ0n) is 14.0. The van der Waals surface area contributed by atoms with Crippen LogP contribution in [0.1, 0.15) is 5.56 Å². The lowest BCUT2D eigenvalue weighted by Crippen LogP contribution is -2.60. The summed E-state index contributed by atoms with van der Waals surface area (Å²) in [6, 6.07) is 19.0. The minimum absolute atomic E-state index is 0.0744. The summed E-state index contributed by atoms with van der Waals surface area (Å²) in [6.45, 7) is 3.22. The zero-order valence-corrected chi connectivity index (χ0v) is 14.8. The van der Waals surface area contributed by atoms with Crippen molar-refractivity contribution in [1.82, 2.24) is 9.21 Å². The molecule has 0 amide bonds. The number of rotatable bonds is 4. The van der Waals surface area contributed by atoms with E-state index in [0.29, 0.717) is 18.0 Å². The topological polar surface area (TPSA) is 49.9 Å². The highest BCUT2D eigenvalue weighted by Crippen LogP contribution is 2.25. The van der Waals surface area contributed by atoms with Crippen molar-refractivity contribution in [2.75, 3.05) is 26.2 Å². The van der Waals surface area contributed by atoms with E-state index in [1.165, 1.54) is 5.56 Å². The molecule has 2 aliphatic rings. The number of nitrogens with zero attached hydrogens (tertiary/aromatic N) is 2. The van der Waals surface area contributed by atoms with Crippen LogP contribution in [-0.2, 0) is 21.3 Å². The summed E-state index contributed by atoms with van der Waals surface area (Å²) in [5, 5.41) is 0. The first-order chi connectivity index (χ1) is 12.1. The number of sulfonamides is 1. The smallest absolute Gasteiger partial charge is 0.243 e. The van der Waals surface area contributed by atoms with Gasteiger partial charge < -0.3 is 4.74 Å². The largest absolute Gasteiger partial charge is 0.370 e. The lowest BCUT2D eigenvalue weighted by molar-refractivity contribution is -0.124. The predicted molar refractivity (Wildman–Crippen MR) is 95.6 cm³/mol. The van der Waals surface area contributed by atoms with Crippen LogP contribution in [0.4, 0.5) is 0 Å². The summed E-state index contributed by atoms with van der Waals surface area (Å²) in [5.74, 6) is 0. The fourth-order valence-corrected chi connectivity index (χ4v) is 5.17. The van der Waals surface area contributed by atoms with Crippen LogP contribution in [0.2, 0.25) is 0 Å². The molecule has 0 radical (unpaired) electrons. The summed E-state index contributed by atoms with van der Waals surface area (Å²) in [5.41, 5.74) is 1.27. The second kappa shape index (κ2) is 6.88. The maximum atomic E-state index is 12.8. The normalized spacial score (nSPS) is 25.0. The van der Waals surface area contributed by atoms with Gasteiger partial charge >= 0.3 is 0 Å². The van der Waals surface area contributed by atoms with E-state index in [2.05, 4.69) is 17.0 Å². The molecule has 4 rings (SSSR count). The standard InChI is InChI=1S/C19H22N2O3S/c22-25(23,19-9-5-2-6-10-19)21-14-17-12-20(13-18(15-21)24-17)11-16-7-3-1-4-8-16/h1-10,17-18H,11-15H2/t17-,18-/m0/s1. The number of morpholine rings is 2. The molecule has 2 fully saturated rings. The quantitative estimate of drug-likeness (QED) is 0.838. The van der Waals surface area contributed by atoms with E-state index in [0.717, 1.165) is 19.6 Å². The highest BCUT2D eigenvalue weighted by Gasteiger charge is 2.39. The molecule has 2 atom stereocenters. The van der Waals surface area contributed by atoms with Crippen LogP contribution in [-0.4, -0.2) is 56.0 Å². The van der Waals surface area contributed by atoms with E-state index in [9.17, 15) is 8.42 Å². The van der Waals surface area contributed by atoms with Gasteiger partial charge in [-0.15, -0.1) is 0 Å². The maximum Gasteiger partial charge on any atom is 0.243 e. The second-order valence-corrected chi connectivity index (χ2v) is 8.63. The first-order valence-electron chi connectivity index (χ1n) is 8.58. The van der Waals surface area contributed by atoms with Gasteiger partial charge in [-0.2, -0.15) is 4.31 Å². The molecular weight excluding hydrogens is 336 g/mol. The zero-order chi connectivity index (χ0) is 17.3. The van der Waals surface area contributed by atoms with Crippen LogP contribution in [0.25, 0.3) is 0 Å². The van der Waals surface area contributed by atoms with Crippen molar-refractivity contribution in [3.8, 4) is 0 Å². The molecule has 2 saturated heterocycles. The first-order valence-corrected chi connectivity index (χ1v) is 10.0. The van der Waals surface area contributed by atoms with Gasteiger partial charge in [0, 0.05) is 32.7 Å². The van der Waals surface area contributed by atoms with Gasteiger partial charge in [-0.1, -0.05) is 48.5 Å². The van der Waals surface area contributed by atoms with Gasteiger partial charge in [0.15, 0.2) is 0 Å². The predicted octanol–water partition coefficient (Wildman–Crippen LogP) is 1.96. The number of benzene rings is 2. The second-order valence-electron chi connectivity index (χ2n) is 6.69. The molecule has 0 unspecified atom stereocenters. The minimum atomic E-state index is -3.45. The summed E-state index contributed by atoms with van der Waals surface area (Å²) < 4.78 is 33.3. The Balaban J connectivity index is 1.45. The van der Waals surface area contributed by atoms with E-state index >= 15 is 0 Å². The molecule has 2 aromatic carbocycles. The molecule has 6 heteroatoms. The van der Waals surface area contributed by atoms with Gasteiger partial charge in [-0.05, 0) is 17.7 Å². The molecule has 0 spiro atoms. The molecule has 0 aliphatic carbocycles. The average Bonchev–Trinajstić information content (AvgIpc) is 2.62. The Bertz CT molecular complexity index is 797. The Morgan fingerprint density at radius 1 is 0.840 bits per heavy atom. The van der Waals surface area contributed by atoms with Crippen LogP contribution < -0.4 is 0 Å². The summed E-state index contributed by atoms with van der Waals surface area (Å²) in [7, 11) is -3.45. The molecule has 132 valence electrons. The molecular formula is C19H22N2O3S. The number of fused-ring (bicyclic) bond motifs is 2. The monoisotopic (exact) mass is 358 g/mol. The van der Waals surface area contributed by atoms with E-state index < -0.39 is 10.0 Å². The van der Waals surface area contributed by atoms with Crippen molar-refractivity contribution < 1.29 is 13.2 Å². The van der Waals surface area contributed by atoms with Crippen molar-refractivity contribution in [2.45, 2.75) is 23.6 Å². The van der Waals surface area contributed by atoms with Crippen molar-refractivity contribution in [3.05, 3.63) is 66.2 Å². The average molecular weight is 358 g/mol. The maximum absolute atomic E-state index is 12.8. The highest BCUT2D eigenvalue weighted by atomic mass is 32.2. The molecule has 0 aromatic heterocycles. The van der Waals surface area contributed by atoms with Gasteiger partial charge in [0.1, 0.15) is 0 Å². The fourth-order valence-electron chi connectivity index (χ4n) is 3.65. The number of hydrogen-bond donors (Lipinski definition) is 0. The van der Waals surface area contributed by atoms with Gasteiger partial charge in [-0.3, -0.25) is 4.90 Å². The molecule has 2 aliphatic heterocycles. The fraction of sp³-hybridized carbons (Fsp3) is 0.368. The minimum Gasteiger partial charge on any atom is -0.370 e. The molecule has 0 saturated carbocycles. The van der Waals surface area contributed by atoms with Crippen LogP contribution in [0.5, 0.6) is 0 Å². The summed E-state index contributed by atoms with van der Waals surface area (Å²) in [4.78, 5) is 2.72. The van der Waals surface area contributed by atoms with E-state index in [1.807, 2.05) is 24.3 Å². The summed E-state index contributed by atoms with van der Waals surface area (Å²) >= 11 is 0. The first kappa shape index (κ1) is 16.7. The SMILES string of the molecule is O=S(=O)(c1ccccc1)N1C[C@@H]2CN(Cc3ccccc3)C[C@@H](C1)O2. The van der Waals surface area contributed by atoms with Crippen molar-refractivity contribution in [2.24, 2.45) is 0 Å². The Labute approximate surface area is 148 Å². The lowest BCUT2D eigenvalue weighted by atomic mass is 10.1. The molecule has 2 bridgehead atoms. The van der Waals surface area contributed by atoms with Crippen molar-refractivity contribution in [3.63, 3.8) is 0 Å². The van der Waals surface area contributed by atoms with Crippen molar-refractivity contribution >= 4 is 10.0 Å². The Kier molecular flexibility index (Phi) is 4.60. The van der Waals surface area contributed by atoms with E-state index in [1.54, 1.807) is 28.6 Å². The molecule has 5 nitrogen and oxygen atoms in total. The summed E-state index contributed by atoms with van der Waals surface area (Å²) in [6.07, 6.45) is -0.149. The van der Waals surface area contributed by atoms with E-state index in [4.69, 9.17) is 4.74 Å². The third kappa shape index (κ3) is 3.62. The molecule has 2 heterocycles. The van der Waals surface area contributed by atoms with Crippen molar-refractivity contribution in [1.29, 1.82) is 0 Å². The Morgan fingerprint density at radius 2 is 1.40 bits per heavy atom. The van der Waals surface area contributed by atoms with Gasteiger partial charge in [-0.25, -0.2) is 8.42 Å². The number of hydrogen-bond acceptors (Lipinski definition) is 4. The molecule has 2 aromatic rings. The lowest BCUT2D eigenvalue weighted by Gasteiger charge is -2.45. The molecule has 0 N–H and O–H groups in total. The third-order valence-corrected chi connectivity index (χ3v) is 6.60. The Morgan fingerprint density at radius 3 is 2.00 bits per heavy atom. The highest BCUT2D eigenvalue weighted by molar-refractivity contribution is 7.89. The number of ether oxygens (including phenoxy) is 1. The van der Waals surface area contributed by atoms with Crippen LogP contribution in [0, 0.1) is 0 Å². The van der Waals surface area contributed by atoms with Crippen LogP contribution in [0.3, 0.4) is 0 Å². The third-order valence-electron chi connectivity index (χ3n) is 4.75. The Hall–Kier alpha value is -1.73. The van der Waals surface area contributed by atoms with Gasteiger partial charge in [0.05, 0.1) is 17.1 Å². The molecule has 25 heavy (non-hydrogen) atoms. The van der Waals surface area contributed by atoms with Gasteiger partial charge in [0.25, 0.3) is 0 Å². The van der Waals surface area contributed by atoms with Gasteiger partial charge in [0.2, 0.25) is 10.0 Å². The van der Waals surface area contributed by atoms with E-state index in [-0.39, 0.29) is 12.2 Å².